The summed E-state index contributed by atoms with van der Waals surface area (Å²) in [5, 5.41) is 2.82. The zero-order chi connectivity index (χ0) is 23.8. The highest BCUT2D eigenvalue weighted by Gasteiger charge is 2.29. The fourth-order valence-electron chi connectivity index (χ4n) is 3.91. The van der Waals surface area contributed by atoms with Crippen LogP contribution >= 0.6 is 0 Å². The van der Waals surface area contributed by atoms with Gasteiger partial charge in [0, 0.05) is 38.3 Å². The lowest BCUT2D eigenvalue weighted by Gasteiger charge is -2.28. The maximum atomic E-state index is 13.5. The Kier molecular flexibility index (Phi) is 8.20. The molecule has 1 atom stereocenters. The monoisotopic (exact) mass is 453 g/mol. The summed E-state index contributed by atoms with van der Waals surface area (Å²) in [7, 11) is 1.65. The van der Waals surface area contributed by atoms with Crippen molar-refractivity contribution in [2.75, 3.05) is 38.2 Å². The number of nitrogens with zero attached hydrogens (tertiary/aromatic N) is 2. The second kappa shape index (κ2) is 11.1. The van der Waals surface area contributed by atoms with Gasteiger partial charge < -0.3 is 24.6 Å². The number of hydrogen-bond acceptors (Lipinski definition) is 5. The summed E-state index contributed by atoms with van der Waals surface area (Å²) >= 11 is 0. The fraction of sp³-hybridized carbons (Fsp3) is 0.462. The average molecular weight is 454 g/mol. The number of carbonyl (C=O) groups excluding carboxylic acids is 2. The number of methoxy groups -OCH3 is 1. The second-order valence-corrected chi connectivity index (χ2v) is 9.25. The number of rotatable bonds is 6. The first-order valence-electron chi connectivity index (χ1n) is 11.5. The lowest BCUT2D eigenvalue weighted by atomic mass is 10.0. The van der Waals surface area contributed by atoms with E-state index < -0.39 is 17.7 Å². The molecular formula is C26H35N3O4. The van der Waals surface area contributed by atoms with Gasteiger partial charge in [0.25, 0.3) is 0 Å². The van der Waals surface area contributed by atoms with E-state index in [1.807, 2.05) is 80.3 Å². The van der Waals surface area contributed by atoms with Crippen molar-refractivity contribution < 1.29 is 19.1 Å². The summed E-state index contributed by atoms with van der Waals surface area (Å²) in [5.41, 5.74) is 1.46. The number of hydrogen-bond donors (Lipinski definition) is 1. The van der Waals surface area contributed by atoms with E-state index in [1.165, 1.54) is 0 Å². The van der Waals surface area contributed by atoms with Crippen LogP contribution in [0.4, 0.5) is 10.5 Å². The summed E-state index contributed by atoms with van der Waals surface area (Å²) in [5.74, 6) is 0.739. The number of ether oxygens (including phenoxy) is 2. The van der Waals surface area contributed by atoms with E-state index in [0.717, 1.165) is 36.5 Å². The number of benzene rings is 2. The molecule has 0 radical (unpaired) electrons. The van der Waals surface area contributed by atoms with Gasteiger partial charge in [-0.3, -0.25) is 4.79 Å². The number of alkyl carbamates (subject to hydrolysis) is 1. The van der Waals surface area contributed by atoms with Gasteiger partial charge in [-0.2, -0.15) is 0 Å². The number of carbonyl (C=O) groups is 2. The first-order chi connectivity index (χ1) is 15.7. The fourth-order valence-corrected chi connectivity index (χ4v) is 3.91. The SMILES string of the molecule is COc1ccc(N2CCCN(C(=O)C(Cc3ccccc3)NC(=O)OC(C)(C)C)CC2)cc1. The third-order valence-corrected chi connectivity index (χ3v) is 5.52. The Labute approximate surface area is 196 Å². The molecule has 2 amide bonds. The van der Waals surface area contributed by atoms with Crippen molar-refractivity contribution in [3.05, 3.63) is 60.2 Å². The highest BCUT2D eigenvalue weighted by Crippen LogP contribution is 2.21. The molecule has 0 spiro atoms. The zero-order valence-corrected chi connectivity index (χ0v) is 20.0. The van der Waals surface area contributed by atoms with Gasteiger partial charge in [0.05, 0.1) is 7.11 Å². The summed E-state index contributed by atoms with van der Waals surface area (Å²) in [4.78, 5) is 30.1. The van der Waals surface area contributed by atoms with E-state index in [2.05, 4.69) is 10.2 Å². The molecular weight excluding hydrogens is 418 g/mol. The van der Waals surface area contributed by atoms with Gasteiger partial charge in [-0.25, -0.2) is 4.79 Å². The van der Waals surface area contributed by atoms with Crippen molar-refractivity contribution in [2.24, 2.45) is 0 Å². The van der Waals surface area contributed by atoms with E-state index in [4.69, 9.17) is 9.47 Å². The maximum Gasteiger partial charge on any atom is 0.408 e. The molecule has 1 aliphatic rings. The molecule has 1 aliphatic heterocycles. The van der Waals surface area contributed by atoms with Crippen LogP contribution in [-0.4, -0.2) is 61.8 Å². The van der Waals surface area contributed by atoms with Crippen molar-refractivity contribution in [2.45, 2.75) is 45.3 Å². The summed E-state index contributed by atoms with van der Waals surface area (Å²) < 4.78 is 10.7. The average Bonchev–Trinajstić information content (AvgIpc) is 3.04. The highest BCUT2D eigenvalue weighted by atomic mass is 16.6. The van der Waals surface area contributed by atoms with Crippen molar-refractivity contribution >= 4 is 17.7 Å². The van der Waals surface area contributed by atoms with Crippen molar-refractivity contribution in [1.29, 1.82) is 0 Å². The molecule has 2 aromatic carbocycles. The van der Waals surface area contributed by atoms with E-state index in [9.17, 15) is 9.59 Å². The molecule has 0 saturated carbocycles. The van der Waals surface area contributed by atoms with Crippen LogP contribution in [0.3, 0.4) is 0 Å². The first kappa shape index (κ1) is 24.4. The predicted molar refractivity (Wildman–Crippen MR) is 130 cm³/mol. The molecule has 1 saturated heterocycles. The van der Waals surface area contributed by atoms with Crippen molar-refractivity contribution in [3.8, 4) is 5.75 Å². The third kappa shape index (κ3) is 7.41. The van der Waals surface area contributed by atoms with E-state index in [0.29, 0.717) is 19.5 Å². The molecule has 1 unspecified atom stereocenters. The minimum Gasteiger partial charge on any atom is -0.497 e. The molecule has 33 heavy (non-hydrogen) atoms. The Hall–Kier alpha value is -3.22. The van der Waals surface area contributed by atoms with Crippen LogP contribution in [0.15, 0.2) is 54.6 Å². The summed E-state index contributed by atoms with van der Waals surface area (Å²) in [6.07, 6.45) is 0.686. The Balaban J connectivity index is 1.69. The molecule has 7 nitrogen and oxygen atoms in total. The lowest BCUT2D eigenvalue weighted by molar-refractivity contribution is -0.133. The van der Waals surface area contributed by atoms with Gasteiger partial charge in [0.15, 0.2) is 0 Å². The van der Waals surface area contributed by atoms with Gasteiger partial charge in [-0.05, 0) is 57.0 Å². The molecule has 3 rings (SSSR count). The molecule has 1 fully saturated rings. The van der Waals surface area contributed by atoms with Gasteiger partial charge >= 0.3 is 6.09 Å². The van der Waals surface area contributed by atoms with E-state index in [1.54, 1.807) is 7.11 Å². The minimum absolute atomic E-state index is 0.0821. The standard InChI is InChI=1S/C26H35N3O4/c1-26(2,3)33-25(31)27-23(19-20-9-6-5-7-10-20)24(30)29-16-8-15-28(17-18-29)21-11-13-22(32-4)14-12-21/h5-7,9-14,23H,8,15-19H2,1-4H3,(H,27,31). The van der Waals surface area contributed by atoms with Crippen LogP contribution in [-0.2, 0) is 16.0 Å². The van der Waals surface area contributed by atoms with E-state index in [-0.39, 0.29) is 5.91 Å². The van der Waals surface area contributed by atoms with Gasteiger partial charge in [0.1, 0.15) is 17.4 Å². The Morgan fingerprint density at radius 2 is 1.67 bits per heavy atom. The van der Waals surface area contributed by atoms with Crippen LogP contribution in [0.25, 0.3) is 0 Å². The number of amides is 2. The largest absolute Gasteiger partial charge is 0.497 e. The smallest absolute Gasteiger partial charge is 0.408 e. The Morgan fingerprint density at radius 3 is 2.30 bits per heavy atom. The summed E-state index contributed by atoms with van der Waals surface area (Å²) in [6, 6.07) is 17.0. The number of anilines is 1. The molecule has 1 N–H and O–H groups in total. The zero-order valence-electron chi connectivity index (χ0n) is 20.0. The third-order valence-electron chi connectivity index (χ3n) is 5.52. The molecule has 1 heterocycles. The number of nitrogens with one attached hydrogen (secondary N) is 1. The normalized spacial score (nSPS) is 15.4. The first-order valence-corrected chi connectivity index (χ1v) is 11.5. The maximum absolute atomic E-state index is 13.5. The van der Waals surface area contributed by atoms with Gasteiger partial charge in [-0.1, -0.05) is 30.3 Å². The van der Waals surface area contributed by atoms with Crippen molar-refractivity contribution in [1.82, 2.24) is 10.2 Å². The van der Waals surface area contributed by atoms with Crippen molar-refractivity contribution in [3.63, 3.8) is 0 Å². The molecule has 0 aliphatic carbocycles. The lowest BCUT2D eigenvalue weighted by Crippen LogP contribution is -2.51. The molecule has 178 valence electrons. The summed E-state index contributed by atoms with van der Waals surface area (Å²) in [6.45, 7) is 8.25. The van der Waals surface area contributed by atoms with Crippen LogP contribution in [0.2, 0.25) is 0 Å². The van der Waals surface area contributed by atoms with Gasteiger partial charge in [-0.15, -0.1) is 0 Å². The second-order valence-electron chi connectivity index (χ2n) is 9.25. The molecule has 7 heteroatoms. The van der Waals surface area contributed by atoms with Gasteiger partial charge in [0.2, 0.25) is 5.91 Å². The Bertz CT molecular complexity index is 909. The van der Waals surface area contributed by atoms with Crippen LogP contribution in [0.5, 0.6) is 5.75 Å². The van der Waals surface area contributed by atoms with Crippen LogP contribution < -0.4 is 15.0 Å². The molecule has 0 bridgehead atoms. The van der Waals surface area contributed by atoms with E-state index >= 15 is 0 Å². The Morgan fingerprint density at radius 1 is 0.970 bits per heavy atom. The topological polar surface area (TPSA) is 71.1 Å². The molecule has 0 aromatic heterocycles. The molecule has 2 aromatic rings. The highest BCUT2D eigenvalue weighted by molar-refractivity contribution is 5.86. The van der Waals surface area contributed by atoms with Crippen LogP contribution in [0.1, 0.15) is 32.8 Å². The minimum atomic E-state index is -0.685. The van der Waals surface area contributed by atoms with Crippen LogP contribution in [0, 0.1) is 0 Å². The quantitative estimate of drug-likeness (QED) is 0.719. The predicted octanol–water partition coefficient (Wildman–Crippen LogP) is 3.87.